The third kappa shape index (κ3) is 3.42. The van der Waals surface area contributed by atoms with E-state index < -0.39 is 0 Å². The average Bonchev–Trinajstić information content (AvgIpc) is 2.86. The Morgan fingerprint density at radius 2 is 2.11 bits per heavy atom. The molecule has 0 bridgehead atoms. The number of carbonyl (C=O) groups excluding carboxylic acids is 2. The van der Waals surface area contributed by atoms with Gasteiger partial charge < -0.3 is 4.74 Å². The molecule has 0 N–H and O–H groups in total. The Kier molecular flexibility index (Phi) is 4.53. The fraction of sp³-hybridized carbons (Fsp3) is 0.571. The van der Waals surface area contributed by atoms with E-state index >= 15 is 0 Å². The van der Waals surface area contributed by atoms with E-state index in [-0.39, 0.29) is 5.97 Å². The van der Waals surface area contributed by atoms with Gasteiger partial charge in [0.2, 0.25) is 0 Å². The lowest BCUT2D eigenvalue weighted by atomic mass is 9.85. The summed E-state index contributed by atoms with van der Waals surface area (Å²) in [6.07, 6.45) is 5.70. The van der Waals surface area contributed by atoms with E-state index in [9.17, 15) is 9.59 Å². The lowest BCUT2D eigenvalue weighted by molar-refractivity contribution is -0.121. The third-order valence-electron chi connectivity index (χ3n) is 3.51. The van der Waals surface area contributed by atoms with Gasteiger partial charge in [-0.3, -0.25) is 4.79 Å². The van der Waals surface area contributed by atoms with Crippen molar-refractivity contribution in [1.29, 1.82) is 0 Å². The molecule has 0 unspecified atom stereocenters. The summed E-state index contributed by atoms with van der Waals surface area (Å²) in [5.74, 6) is 0.830. The second-order valence-electron chi connectivity index (χ2n) is 4.78. The second kappa shape index (κ2) is 6.14. The standard InChI is InChI=1S/C14H18O3S/c1-17-14(16)13-9-8-12(18-13)7-4-10-2-5-11(15)6-3-10/h8-10H,2-7H2,1H3. The third-order valence-corrected chi connectivity index (χ3v) is 4.64. The fourth-order valence-corrected chi connectivity index (χ4v) is 3.30. The number of thiophene rings is 1. The van der Waals surface area contributed by atoms with Crippen molar-refractivity contribution in [1.82, 2.24) is 0 Å². The van der Waals surface area contributed by atoms with Gasteiger partial charge in [0.15, 0.2) is 0 Å². The van der Waals surface area contributed by atoms with Crippen LogP contribution in [-0.2, 0) is 16.0 Å². The molecule has 1 saturated carbocycles. The van der Waals surface area contributed by atoms with Crippen molar-refractivity contribution in [2.75, 3.05) is 7.11 Å². The van der Waals surface area contributed by atoms with E-state index in [1.54, 1.807) is 0 Å². The molecule has 1 heterocycles. The molecule has 0 spiro atoms. The van der Waals surface area contributed by atoms with Crippen LogP contribution in [0.5, 0.6) is 0 Å². The lowest BCUT2D eigenvalue weighted by Crippen LogP contribution is -2.14. The van der Waals surface area contributed by atoms with Gasteiger partial charge in [-0.15, -0.1) is 11.3 Å². The average molecular weight is 266 g/mol. The van der Waals surface area contributed by atoms with E-state index in [1.807, 2.05) is 12.1 Å². The predicted molar refractivity (Wildman–Crippen MR) is 70.9 cm³/mol. The molecule has 2 rings (SSSR count). The van der Waals surface area contributed by atoms with E-state index in [2.05, 4.69) is 4.74 Å². The summed E-state index contributed by atoms with van der Waals surface area (Å²) in [4.78, 5) is 24.4. The van der Waals surface area contributed by atoms with Crippen LogP contribution < -0.4 is 0 Å². The van der Waals surface area contributed by atoms with Gasteiger partial charge in [-0.05, 0) is 43.7 Å². The molecular weight excluding hydrogens is 248 g/mol. The number of hydrogen-bond acceptors (Lipinski definition) is 4. The molecular formula is C14H18O3S. The maximum atomic E-state index is 11.3. The number of ether oxygens (including phenoxy) is 1. The van der Waals surface area contributed by atoms with Crippen molar-refractivity contribution in [2.24, 2.45) is 5.92 Å². The van der Waals surface area contributed by atoms with Gasteiger partial charge in [-0.2, -0.15) is 0 Å². The number of methoxy groups -OCH3 is 1. The topological polar surface area (TPSA) is 43.4 Å². The minimum Gasteiger partial charge on any atom is -0.465 e. The molecule has 18 heavy (non-hydrogen) atoms. The number of ketones is 1. The first-order chi connectivity index (χ1) is 8.69. The summed E-state index contributed by atoms with van der Waals surface area (Å²) < 4.78 is 4.69. The first kappa shape index (κ1) is 13.3. The molecule has 1 aromatic heterocycles. The Hall–Kier alpha value is -1.16. The largest absolute Gasteiger partial charge is 0.465 e. The van der Waals surface area contributed by atoms with Crippen LogP contribution in [0.3, 0.4) is 0 Å². The summed E-state index contributed by atoms with van der Waals surface area (Å²) >= 11 is 1.51. The fourth-order valence-electron chi connectivity index (χ4n) is 2.36. The quantitative estimate of drug-likeness (QED) is 0.786. The van der Waals surface area contributed by atoms with Crippen molar-refractivity contribution in [3.63, 3.8) is 0 Å². The minimum absolute atomic E-state index is 0.255. The number of Topliss-reactive ketones (excluding diaryl/α,β-unsaturated/α-hetero) is 1. The Bertz CT molecular complexity index is 426. The van der Waals surface area contributed by atoms with Crippen molar-refractivity contribution >= 4 is 23.1 Å². The number of rotatable bonds is 4. The van der Waals surface area contributed by atoms with Crippen LogP contribution in [0.2, 0.25) is 0 Å². The van der Waals surface area contributed by atoms with Crippen LogP contribution in [0.4, 0.5) is 0 Å². The van der Waals surface area contributed by atoms with Crippen molar-refractivity contribution in [3.05, 3.63) is 21.9 Å². The zero-order valence-corrected chi connectivity index (χ0v) is 11.4. The second-order valence-corrected chi connectivity index (χ2v) is 5.95. The molecule has 0 aromatic carbocycles. The van der Waals surface area contributed by atoms with Crippen molar-refractivity contribution in [2.45, 2.75) is 38.5 Å². The summed E-state index contributed by atoms with van der Waals surface area (Å²) in [5, 5.41) is 0. The molecule has 0 aliphatic heterocycles. The first-order valence-corrected chi connectivity index (χ1v) is 7.19. The van der Waals surface area contributed by atoms with Gasteiger partial charge in [-0.1, -0.05) is 0 Å². The van der Waals surface area contributed by atoms with Crippen molar-refractivity contribution < 1.29 is 14.3 Å². The molecule has 0 saturated heterocycles. The number of hydrogen-bond donors (Lipinski definition) is 0. The minimum atomic E-state index is -0.255. The van der Waals surface area contributed by atoms with Gasteiger partial charge in [0.25, 0.3) is 0 Å². The Balaban J connectivity index is 1.81. The summed E-state index contributed by atoms with van der Waals surface area (Å²) in [6, 6.07) is 3.83. The van der Waals surface area contributed by atoms with E-state index in [0.717, 1.165) is 38.5 Å². The summed E-state index contributed by atoms with van der Waals surface area (Å²) in [7, 11) is 1.40. The highest BCUT2D eigenvalue weighted by Gasteiger charge is 2.18. The summed E-state index contributed by atoms with van der Waals surface area (Å²) in [6.45, 7) is 0. The molecule has 3 nitrogen and oxygen atoms in total. The van der Waals surface area contributed by atoms with Crippen LogP contribution in [0.25, 0.3) is 0 Å². The van der Waals surface area contributed by atoms with Crippen LogP contribution in [0, 0.1) is 5.92 Å². The first-order valence-electron chi connectivity index (χ1n) is 6.37. The van der Waals surface area contributed by atoms with Gasteiger partial charge >= 0.3 is 5.97 Å². The molecule has 1 aromatic rings. The predicted octanol–water partition coefficient (Wildman–Crippen LogP) is 3.23. The SMILES string of the molecule is COC(=O)c1ccc(CCC2CCC(=O)CC2)s1. The van der Waals surface area contributed by atoms with Gasteiger partial charge in [0.05, 0.1) is 7.11 Å². The molecule has 4 heteroatoms. The van der Waals surface area contributed by atoms with Crippen LogP contribution >= 0.6 is 11.3 Å². The zero-order chi connectivity index (χ0) is 13.0. The van der Waals surface area contributed by atoms with Crippen LogP contribution in [0.15, 0.2) is 12.1 Å². The number of aryl methyl sites for hydroxylation is 1. The number of carbonyl (C=O) groups is 2. The molecule has 1 fully saturated rings. The highest BCUT2D eigenvalue weighted by Crippen LogP contribution is 2.27. The molecule has 0 atom stereocenters. The molecule has 98 valence electrons. The Labute approximate surface area is 111 Å². The van der Waals surface area contributed by atoms with Crippen LogP contribution in [-0.4, -0.2) is 18.9 Å². The molecule has 1 aliphatic rings. The molecule has 0 radical (unpaired) electrons. The molecule has 1 aliphatic carbocycles. The Morgan fingerprint density at radius 3 is 2.78 bits per heavy atom. The number of esters is 1. The van der Waals surface area contributed by atoms with E-state index in [1.165, 1.54) is 23.3 Å². The van der Waals surface area contributed by atoms with Gasteiger partial charge in [-0.25, -0.2) is 4.79 Å². The van der Waals surface area contributed by atoms with Gasteiger partial charge in [0.1, 0.15) is 10.7 Å². The van der Waals surface area contributed by atoms with Gasteiger partial charge in [0, 0.05) is 17.7 Å². The zero-order valence-electron chi connectivity index (χ0n) is 10.6. The highest BCUT2D eigenvalue weighted by molar-refractivity contribution is 7.13. The monoisotopic (exact) mass is 266 g/mol. The maximum Gasteiger partial charge on any atom is 0.348 e. The Morgan fingerprint density at radius 1 is 1.39 bits per heavy atom. The summed E-state index contributed by atoms with van der Waals surface area (Å²) in [5.41, 5.74) is 0. The highest BCUT2D eigenvalue weighted by atomic mass is 32.1. The van der Waals surface area contributed by atoms with E-state index in [0.29, 0.717) is 16.6 Å². The lowest BCUT2D eigenvalue weighted by Gasteiger charge is -2.20. The molecule has 0 amide bonds. The van der Waals surface area contributed by atoms with Crippen LogP contribution in [0.1, 0.15) is 46.7 Å². The normalized spacial score (nSPS) is 16.8. The maximum absolute atomic E-state index is 11.3. The smallest absolute Gasteiger partial charge is 0.348 e. The van der Waals surface area contributed by atoms with Crippen molar-refractivity contribution in [3.8, 4) is 0 Å². The van der Waals surface area contributed by atoms with E-state index in [4.69, 9.17) is 0 Å².